The first-order valence-corrected chi connectivity index (χ1v) is 11.5. The minimum Gasteiger partial charge on any atom is -0.493 e. The van der Waals surface area contributed by atoms with E-state index in [4.69, 9.17) is 23.7 Å². The number of likely N-dealkylation sites (tertiary alicyclic amines) is 1. The number of aliphatic hydroxyl groups excluding tert-OH is 1. The van der Waals surface area contributed by atoms with Crippen LogP contribution in [0, 0.1) is 0 Å². The fourth-order valence-corrected chi connectivity index (χ4v) is 4.44. The Balaban J connectivity index is 1.59. The fraction of sp³-hybridized carbons (Fsp3) is 0.500. The number of aliphatic hydroxyl groups is 1. The van der Waals surface area contributed by atoms with Gasteiger partial charge in [-0.1, -0.05) is 30.3 Å². The van der Waals surface area contributed by atoms with Crippen LogP contribution in [0.25, 0.3) is 0 Å². The van der Waals surface area contributed by atoms with Crippen LogP contribution in [-0.2, 0) is 14.9 Å². The maximum atomic E-state index is 12.9. The summed E-state index contributed by atoms with van der Waals surface area (Å²) in [6.45, 7) is 4.09. The minimum atomic E-state index is -0.703. The van der Waals surface area contributed by atoms with Crippen molar-refractivity contribution in [1.29, 1.82) is 0 Å². The van der Waals surface area contributed by atoms with Gasteiger partial charge in [0.05, 0.1) is 33.4 Å². The third kappa shape index (κ3) is 5.74. The molecule has 1 heterocycles. The van der Waals surface area contributed by atoms with Gasteiger partial charge in [-0.3, -0.25) is 4.79 Å². The number of carbonyl (C=O) groups is 1. The Morgan fingerprint density at radius 1 is 1.03 bits per heavy atom. The number of esters is 1. The molecule has 0 aliphatic carbocycles. The van der Waals surface area contributed by atoms with E-state index in [-0.39, 0.29) is 12.6 Å². The lowest BCUT2D eigenvalue weighted by Gasteiger charge is -2.40. The lowest BCUT2D eigenvalue weighted by atomic mass is 9.72. The summed E-state index contributed by atoms with van der Waals surface area (Å²) in [6.07, 6.45) is 0.568. The van der Waals surface area contributed by atoms with Crippen molar-refractivity contribution in [1.82, 2.24) is 4.90 Å². The largest absolute Gasteiger partial charge is 0.493 e. The van der Waals surface area contributed by atoms with Gasteiger partial charge in [-0.25, -0.2) is 0 Å². The van der Waals surface area contributed by atoms with Crippen molar-refractivity contribution < 1.29 is 33.6 Å². The molecule has 1 saturated heterocycles. The van der Waals surface area contributed by atoms with Crippen LogP contribution >= 0.6 is 0 Å². The summed E-state index contributed by atoms with van der Waals surface area (Å²) in [5, 5.41) is 10.6. The first-order valence-electron chi connectivity index (χ1n) is 11.5. The molecule has 2 aromatic rings. The normalized spacial score (nSPS) is 16.4. The zero-order valence-corrected chi connectivity index (χ0v) is 20.4. The topological polar surface area (TPSA) is 86.7 Å². The zero-order valence-electron chi connectivity index (χ0n) is 20.4. The predicted molar refractivity (Wildman–Crippen MR) is 128 cm³/mol. The zero-order chi connectivity index (χ0) is 24.6. The van der Waals surface area contributed by atoms with E-state index in [1.54, 1.807) is 12.1 Å². The van der Waals surface area contributed by atoms with Crippen LogP contribution in [0.5, 0.6) is 23.0 Å². The Labute approximate surface area is 201 Å². The molecule has 1 N–H and O–H groups in total. The summed E-state index contributed by atoms with van der Waals surface area (Å²) in [7, 11) is 4.62. The van der Waals surface area contributed by atoms with Crippen LogP contribution in [0.3, 0.4) is 0 Å². The lowest BCUT2D eigenvalue weighted by Crippen LogP contribution is -2.50. The molecule has 8 nitrogen and oxygen atoms in total. The lowest BCUT2D eigenvalue weighted by molar-refractivity contribution is -0.152. The summed E-state index contributed by atoms with van der Waals surface area (Å²) >= 11 is 0. The van der Waals surface area contributed by atoms with E-state index in [0.717, 1.165) is 5.56 Å². The van der Waals surface area contributed by atoms with Crippen molar-refractivity contribution in [2.75, 3.05) is 54.2 Å². The number of hydrogen-bond acceptors (Lipinski definition) is 8. The van der Waals surface area contributed by atoms with Crippen LogP contribution in [0.2, 0.25) is 0 Å². The Hall–Kier alpha value is -2.97. The minimum absolute atomic E-state index is 0.108. The van der Waals surface area contributed by atoms with Gasteiger partial charge in [-0.05, 0) is 38.4 Å². The van der Waals surface area contributed by atoms with E-state index in [2.05, 4.69) is 4.90 Å². The summed E-state index contributed by atoms with van der Waals surface area (Å²) in [5.41, 5.74) is 0.338. The smallest absolute Gasteiger partial charge is 0.316 e. The number of piperidine rings is 1. The monoisotopic (exact) mass is 473 g/mol. The van der Waals surface area contributed by atoms with Crippen LogP contribution in [0.4, 0.5) is 0 Å². The van der Waals surface area contributed by atoms with Gasteiger partial charge < -0.3 is 33.7 Å². The van der Waals surface area contributed by atoms with Crippen LogP contribution in [0.15, 0.2) is 42.5 Å². The fourth-order valence-electron chi connectivity index (χ4n) is 4.44. The highest BCUT2D eigenvalue weighted by molar-refractivity contribution is 5.83. The molecule has 0 saturated carbocycles. The van der Waals surface area contributed by atoms with Gasteiger partial charge in [-0.15, -0.1) is 0 Å². The molecule has 186 valence electrons. The van der Waals surface area contributed by atoms with Gasteiger partial charge in [0.1, 0.15) is 18.5 Å². The number of ether oxygens (including phenoxy) is 5. The molecular weight excluding hydrogens is 438 g/mol. The molecule has 1 unspecified atom stereocenters. The SMILES string of the molecule is CCOC(=O)C1(c2ccccc2)CCN(CC(O)COc2cc(OC)c(OC)c(OC)c2)CC1. The van der Waals surface area contributed by atoms with Crippen LogP contribution < -0.4 is 18.9 Å². The number of methoxy groups -OCH3 is 3. The van der Waals surface area contributed by atoms with Gasteiger partial charge in [0.15, 0.2) is 11.5 Å². The number of hydrogen-bond donors (Lipinski definition) is 1. The van der Waals surface area contributed by atoms with E-state index >= 15 is 0 Å². The molecule has 2 aromatic carbocycles. The van der Waals surface area contributed by atoms with Crippen molar-refractivity contribution >= 4 is 5.97 Å². The molecule has 34 heavy (non-hydrogen) atoms. The molecule has 1 fully saturated rings. The molecule has 1 atom stereocenters. The Morgan fingerprint density at radius 3 is 2.18 bits per heavy atom. The molecule has 8 heteroatoms. The number of nitrogens with zero attached hydrogens (tertiary/aromatic N) is 1. The highest BCUT2D eigenvalue weighted by Gasteiger charge is 2.44. The highest BCUT2D eigenvalue weighted by atomic mass is 16.5. The van der Waals surface area contributed by atoms with Crippen molar-refractivity contribution in [2.45, 2.75) is 31.3 Å². The van der Waals surface area contributed by atoms with Gasteiger partial charge >= 0.3 is 5.97 Å². The standard InChI is InChI=1S/C26H35NO7/c1-5-33-25(29)26(19-9-7-6-8-10-19)11-13-27(14-12-26)17-20(28)18-34-21-15-22(30-2)24(32-4)23(16-21)31-3/h6-10,15-16,20,28H,5,11-14,17-18H2,1-4H3. The van der Waals surface area contributed by atoms with Crippen molar-refractivity contribution in [3.63, 3.8) is 0 Å². The summed E-state index contributed by atoms with van der Waals surface area (Å²) in [4.78, 5) is 15.1. The summed E-state index contributed by atoms with van der Waals surface area (Å²) < 4.78 is 27.3. The molecule has 3 rings (SSSR count). The van der Waals surface area contributed by atoms with E-state index in [1.807, 2.05) is 37.3 Å². The third-order valence-corrected chi connectivity index (χ3v) is 6.25. The molecule has 0 aromatic heterocycles. The summed E-state index contributed by atoms with van der Waals surface area (Å²) in [5.74, 6) is 1.79. The van der Waals surface area contributed by atoms with E-state index < -0.39 is 11.5 Å². The van der Waals surface area contributed by atoms with E-state index in [9.17, 15) is 9.90 Å². The van der Waals surface area contributed by atoms with E-state index in [0.29, 0.717) is 62.1 Å². The molecule has 0 bridgehead atoms. The second kappa shape index (κ2) is 11.9. The van der Waals surface area contributed by atoms with Crippen LogP contribution in [0.1, 0.15) is 25.3 Å². The van der Waals surface area contributed by atoms with Crippen molar-refractivity contribution in [2.24, 2.45) is 0 Å². The molecule has 1 aliphatic rings. The maximum absolute atomic E-state index is 12.9. The van der Waals surface area contributed by atoms with Gasteiger partial charge in [0.25, 0.3) is 0 Å². The number of benzene rings is 2. The number of carbonyl (C=O) groups excluding carboxylic acids is 1. The maximum Gasteiger partial charge on any atom is 0.316 e. The average molecular weight is 474 g/mol. The number of β-amino-alcohol motifs (C(OH)–C–C–N with tert-alkyl or cyclic N) is 1. The molecule has 0 spiro atoms. The Bertz CT molecular complexity index is 901. The van der Waals surface area contributed by atoms with Crippen molar-refractivity contribution in [3.8, 4) is 23.0 Å². The molecule has 0 radical (unpaired) electrons. The molecule has 0 amide bonds. The van der Waals surface area contributed by atoms with Gasteiger partial charge in [-0.2, -0.15) is 0 Å². The number of rotatable bonds is 11. The first-order chi connectivity index (χ1) is 16.5. The quantitative estimate of drug-likeness (QED) is 0.499. The average Bonchev–Trinajstić information content (AvgIpc) is 2.87. The Morgan fingerprint density at radius 2 is 1.65 bits per heavy atom. The van der Waals surface area contributed by atoms with E-state index in [1.165, 1.54) is 21.3 Å². The van der Waals surface area contributed by atoms with Gasteiger partial charge in [0.2, 0.25) is 5.75 Å². The van der Waals surface area contributed by atoms with Crippen molar-refractivity contribution in [3.05, 3.63) is 48.0 Å². The first kappa shape index (κ1) is 25.6. The third-order valence-electron chi connectivity index (χ3n) is 6.25. The van der Waals surface area contributed by atoms with Crippen LogP contribution in [-0.4, -0.2) is 76.3 Å². The molecule has 1 aliphatic heterocycles. The van der Waals surface area contributed by atoms with Gasteiger partial charge in [0, 0.05) is 18.7 Å². The predicted octanol–water partition coefficient (Wildman–Crippen LogP) is 3.05. The highest BCUT2D eigenvalue weighted by Crippen LogP contribution is 2.41. The summed E-state index contributed by atoms with van der Waals surface area (Å²) in [6, 6.07) is 13.2. The Kier molecular flexibility index (Phi) is 9.01. The second-order valence-electron chi connectivity index (χ2n) is 8.30. The molecular formula is C26H35NO7. The second-order valence-corrected chi connectivity index (χ2v) is 8.30.